The van der Waals surface area contributed by atoms with Crippen LogP contribution in [0.3, 0.4) is 0 Å². The lowest BCUT2D eigenvalue weighted by molar-refractivity contribution is -0.143. The SMILES string of the molecule is CN(CCCCC(C)(C)C(=N)N)CC(F)(F)F. The fourth-order valence-electron chi connectivity index (χ4n) is 1.47. The van der Waals surface area contributed by atoms with Gasteiger partial charge in [0, 0.05) is 5.41 Å². The molecule has 0 aromatic carbocycles. The van der Waals surface area contributed by atoms with Crippen molar-refractivity contribution in [2.45, 2.75) is 39.3 Å². The van der Waals surface area contributed by atoms with Crippen molar-refractivity contribution in [3.8, 4) is 0 Å². The monoisotopic (exact) mass is 253 g/mol. The molecule has 0 aromatic heterocycles. The predicted octanol–water partition coefficient (Wildman–Crippen LogP) is 2.61. The lowest BCUT2D eigenvalue weighted by Gasteiger charge is -2.23. The Hall–Kier alpha value is -0.780. The summed E-state index contributed by atoms with van der Waals surface area (Å²) in [6, 6.07) is 0. The number of nitrogens with one attached hydrogen (secondary N) is 1. The minimum Gasteiger partial charge on any atom is -0.387 e. The summed E-state index contributed by atoms with van der Waals surface area (Å²) in [4.78, 5) is 1.26. The molecule has 3 N–H and O–H groups in total. The lowest BCUT2D eigenvalue weighted by Crippen LogP contribution is -2.32. The maximum Gasteiger partial charge on any atom is 0.401 e. The topological polar surface area (TPSA) is 53.1 Å². The van der Waals surface area contributed by atoms with Gasteiger partial charge in [0.25, 0.3) is 0 Å². The molecule has 0 atom stereocenters. The molecule has 0 aromatic rings. The molecule has 3 nitrogen and oxygen atoms in total. The van der Waals surface area contributed by atoms with Crippen LogP contribution in [0, 0.1) is 10.8 Å². The first-order valence-electron chi connectivity index (χ1n) is 5.64. The molecule has 17 heavy (non-hydrogen) atoms. The number of halogens is 3. The van der Waals surface area contributed by atoms with Crippen LogP contribution in [0.4, 0.5) is 13.2 Å². The first kappa shape index (κ1) is 16.2. The van der Waals surface area contributed by atoms with Gasteiger partial charge in [-0.25, -0.2) is 0 Å². The van der Waals surface area contributed by atoms with Gasteiger partial charge in [0.15, 0.2) is 0 Å². The molecule has 0 saturated carbocycles. The molecule has 0 bridgehead atoms. The maximum atomic E-state index is 12.0. The smallest absolute Gasteiger partial charge is 0.387 e. The van der Waals surface area contributed by atoms with Gasteiger partial charge in [-0.3, -0.25) is 10.3 Å². The van der Waals surface area contributed by atoms with Gasteiger partial charge in [-0.15, -0.1) is 0 Å². The van der Waals surface area contributed by atoms with Gasteiger partial charge in [-0.05, 0) is 26.4 Å². The van der Waals surface area contributed by atoms with Crippen LogP contribution in [-0.4, -0.2) is 37.0 Å². The van der Waals surface area contributed by atoms with E-state index < -0.39 is 12.7 Å². The van der Waals surface area contributed by atoms with Crippen molar-refractivity contribution in [1.29, 1.82) is 5.41 Å². The number of nitrogens with zero attached hydrogens (tertiary/aromatic N) is 1. The number of hydrogen-bond acceptors (Lipinski definition) is 2. The Morgan fingerprint density at radius 3 is 2.18 bits per heavy atom. The molecule has 0 fully saturated rings. The van der Waals surface area contributed by atoms with Crippen LogP contribution < -0.4 is 5.73 Å². The van der Waals surface area contributed by atoms with E-state index in [4.69, 9.17) is 11.1 Å². The minimum atomic E-state index is -4.13. The van der Waals surface area contributed by atoms with Crippen molar-refractivity contribution in [2.75, 3.05) is 20.1 Å². The van der Waals surface area contributed by atoms with Crippen molar-refractivity contribution in [2.24, 2.45) is 11.1 Å². The quantitative estimate of drug-likeness (QED) is 0.416. The van der Waals surface area contributed by atoms with E-state index in [1.165, 1.54) is 11.9 Å². The van der Waals surface area contributed by atoms with Crippen molar-refractivity contribution < 1.29 is 13.2 Å². The number of rotatable bonds is 7. The Morgan fingerprint density at radius 2 is 1.76 bits per heavy atom. The van der Waals surface area contributed by atoms with Crippen LogP contribution in [0.1, 0.15) is 33.1 Å². The van der Waals surface area contributed by atoms with E-state index in [1.54, 1.807) is 0 Å². The molecule has 0 saturated heterocycles. The summed E-state index contributed by atoms with van der Waals surface area (Å²) in [5, 5.41) is 7.35. The van der Waals surface area contributed by atoms with Gasteiger partial charge in [0.1, 0.15) is 0 Å². The predicted molar refractivity (Wildman–Crippen MR) is 63.1 cm³/mol. The summed E-state index contributed by atoms with van der Waals surface area (Å²) < 4.78 is 36.1. The fourth-order valence-corrected chi connectivity index (χ4v) is 1.47. The number of unbranched alkanes of at least 4 members (excludes halogenated alkanes) is 1. The van der Waals surface area contributed by atoms with Crippen LogP contribution in [0.15, 0.2) is 0 Å². The third kappa shape index (κ3) is 8.01. The Bertz CT molecular complexity index is 249. The Labute approximate surface area is 101 Å². The van der Waals surface area contributed by atoms with Crippen LogP contribution in [-0.2, 0) is 0 Å². The summed E-state index contributed by atoms with van der Waals surface area (Å²) in [6.45, 7) is 3.28. The molecule has 102 valence electrons. The van der Waals surface area contributed by atoms with Crippen LogP contribution in [0.5, 0.6) is 0 Å². The molecule has 0 amide bonds. The van der Waals surface area contributed by atoms with E-state index >= 15 is 0 Å². The maximum absolute atomic E-state index is 12.0. The van der Waals surface area contributed by atoms with Gasteiger partial charge in [0.05, 0.1) is 12.4 Å². The van der Waals surface area contributed by atoms with Gasteiger partial charge in [-0.2, -0.15) is 13.2 Å². The van der Waals surface area contributed by atoms with Gasteiger partial charge in [-0.1, -0.05) is 20.3 Å². The average molecular weight is 253 g/mol. The Morgan fingerprint density at radius 1 is 1.24 bits per heavy atom. The molecule has 0 unspecified atom stereocenters. The van der Waals surface area contributed by atoms with Crippen LogP contribution in [0.25, 0.3) is 0 Å². The summed E-state index contributed by atoms with van der Waals surface area (Å²) in [5.41, 5.74) is 5.06. The summed E-state index contributed by atoms with van der Waals surface area (Å²) >= 11 is 0. The molecule has 6 heteroatoms. The van der Waals surface area contributed by atoms with Gasteiger partial charge in [0.2, 0.25) is 0 Å². The highest BCUT2D eigenvalue weighted by atomic mass is 19.4. The summed E-state index contributed by atoms with van der Waals surface area (Å²) in [6.07, 6.45) is -1.95. The Kier molecular flexibility index (Phi) is 5.95. The largest absolute Gasteiger partial charge is 0.401 e. The lowest BCUT2D eigenvalue weighted by atomic mass is 9.86. The van der Waals surface area contributed by atoms with Crippen LogP contribution in [0.2, 0.25) is 0 Å². The van der Waals surface area contributed by atoms with Crippen molar-refractivity contribution in [3.05, 3.63) is 0 Å². The van der Waals surface area contributed by atoms with Crippen molar-refractivity contribution in [1.82, 2.24) is 4.90 Å². The second-order valence-electron chi connectivity index (χ2n) is 5.11. The number of amidine groups is 1. The van der Waals surface area contributed by atoms with Crippen molar-refractivity contribution >= 4 is 5.84 Å². The fraction of sp³-hybridized carbons (Fsp3) is 0.909. The molecule has 0 aliphatic carbocycles. The molecule has 0 aliphatic heterocycles. The van der Waals surface area contributed by atoms with E-state index in [1.807, 2.05) is 13.8 Å². The second-order valence-corrected chi connectivity index (χ2v) is 5.11. The highest BCUT2D eigenvalue weighted by Crippen LogP contribution is 2.23. The zero-order valence-electron chi connectivity index (χ0n) is 10.7. The van der Waals surface area contributed by atoms with E-state index in [2.05, 4.69) is 0 Å². The van der Waals surface area contributed by atoms with E-state index in [-0.39, 0.29) is 11.3 Å². The van der Waals surface area contributed by atoms with E-state index in [0.717, 1.165) is 12.8 Å². The van der Waals surface area contributed by atoms with Crippen LogP contribution >= 0.6 is 0 Å². The molecule has 0 rings (SSSR count). The highest BCUT2D eigenvalue weighted by molar-refractivity contribution is 5.82. The van der Waals surface area contributed by atoms with Gasteiger partial charge >= 0.3 is 6.18 Å². The molecule has 0 heterocycles. The first-order chi connectivity index (χ1) is 7.54. The molecule has 0 spiro atoms. The summed E-state index contributed by atoms with van der Waals surface area (Å²) in [5.74, 6) is 0.126. The van der Waals surface area contributed by atoms with E-state index in [0.29, 0.717) is 13.0 Å². The molecular weight excluding hydrogens is 231 g/mol. The number of hydrogen-bond donors (Lipinski definition) is 2. The molecule has 0 aliphatic rings. The minimum absolute atomic E-state index is 0.126. The Balaban J connectivity index is 3.75. The number of alkyl halides is 3. The average Bonchev–Trinajstić information content (AvgIpc) is 2.09. The standard InChI is InChI=1S/C11H22F3N3/c1-10(2,9(15)16)6-4-5-7-17(3)8-11(12,13)14/h4-8H2,1-3H3,(H3,15,16). The number of nitrogens with two attached hydrogens (primary N) is 1. The third-order valence-corrected chi connectivity index (χ3v) is 2.77. The molecular formula is C11H22F3N3. The molecule has 0 radical (unpaired) electrons. The highest BCUT2D eigenvalue weighted by Gasteiger charge is 2.29. The normalized spacial score (nSPS) is 13.1. The van der Waals surface area contributed by atoms with Crippen molar-refractivity contribution in [3.63, 3.8) is 0 Å². The second kappa shape index (κ2) is 6.23. The van der Waals surface area contributed by atoms with Gasteiger partial charge < -0.3 is 5.73 Å². The summed E-state index contributed by atoms with van der Waals surface area (Å²) in [7, 11) is 1.46. The third-order valence-electron chi connectivity index (χ3n) is 2.77. The zero-order valence-corrected chi connectivity index (χ0v) is 10.7. The first-order valence-corrected chi connectivity index (χ1v) is 5.64. The van der Waals surface area contributed by atoms with E-state index in [9.17, 15) is 13.2 Å². The zero-order chi connectivity index (χ0) is 13.7.